The molecular formula is C22H22N2O6. The van der Waals surface area contributed by atoms with E-state index in [2.05, 4.69) is 10.6 Å². The molecule has 1 heterocycles. The maximum absolute atomic E-state index is 12.4. The number of ether oxygens (including phenoxy) is 2. The molecule has 1 aliphatic heterocycles. The highest BCUT2D eigenvalue weighted by Crippen LogP contribution is 2.32. The molecule has 0 spiro atoms. The van der Waals surface area contributed by atoms with Crippen LogP contribution in [0.2, 0.25) is 0 Å². The quantitative estimate of drug-likeness (QED) is 0.509. The number of esters is 1. The van der Waals surface area contributed by atoms with Crippen LogP contribution in [0.5, 0.6) is 5.75 Å². The summed E-state index contributed by atoms with van der Waals surface area (Å²) in [5.74, 6) is -1.55. The molecule has 2 aromatic rings. The Kier molecular flexibility index (Phi) is 6.46. The van der Waals surface area contributed by atoms with Crippen molar-refractivity contribution in [2.45, 2.75) is 25.8 Å². The molecule has 2 atom stereocenters. The Morgan fingerprint density at radius 2 is 1.83 bits per heavy atom. The first-order valence-electron chi connectivity index (χ1n) is 9.47. The topological polar surface area (TPSA) is 111 Å². The fourth-order valence-electron chi connectivity index (χ4n) is 2.94. The number of carbonyl (C=O) groups is 4. The predicted octanol–water partition coefficient (Wildman–Crippen LogP) is 2.05. The van der Waals surface area contributed by atoms with Gasteiger partial charge >= 0.3 is 5.97 Å². The Morgan fingerprint density at radius 3 is 2.57 bits per heavy atom. The molecule has 30 heavy (non-hydrogen) atoms. The highest BCUT2D eigenvalue weighted by molar-refractivity contribution is 6.05. The molecule has 8 heteroatoms. The van der Waals surface area contributed by atoms with Crippen molar-refractivity contribution in [1.82, 2.24) is 5.32 Å². The minimum atomic E-state index is -0.938. The van der Waals surface area contributed by atoms with Gasteiger partial charge in [0.25, 0.3) is 5.91 Å². The number of amides is 2. The van der Waals surface area contributed by atoms with Gasteiger partial charge in [0.1, 0.15) is 11.8 Å². The van der Waals surface area contributed by atoms with Crippen molar-refractivity contribution in [1.29, 1.82) is 0 Å². The number of ketones is 1. The van der Waals surface area contributed by atoms with Crippen LogP contribution < -0.4 is 15.4 Å². The van der Waals surface area contributed by atoms with Crippen molar-refractivity contribution in [2.24, 2.45) is 0 Å². The molecule has 0 fully saturated rings. The second kappa shape index (κ2) is 9.21. The van der Waals surface area contributed by atoms with E-state index < -0.39 is 30.3 Å². The number of rotatable bonds is 8. The molecule has 3 rings (SSSR count). The summed E-state index contributed by atoms with van der Waals surface area (Å²) < 4.78 is 10.3. The van der Waals surface area contributed by atoms with Gasteiger partial charge in [-0.15, -0.1) is 0 Å². The minimum absolute atomic E-state index is 0.123. The number of Topliss-reactive ketones (excluding diaryl/α,β-unsaturated/α-hetero) is 1. The van der Waals surface area contributed by atoms with E-state index in [0.717, 1.165) is 5.56 Å². The first kappa shape index (κ1) is 21.0. The number of hydrogen-bond acceptors (Lipinski definition) is 6. The lowest BCUT2D eigenvalue weighted by molar-refractivity contribution is -0.146. The van der Waals surface area contributed by atoms with Crippen LogP contribution >= 0.6 is 0 Å². The lowest BCUT2D eigenvalue weighted by Crippen LogP contribution is -2.42. The maximum atomic E-state index is 12.4. The van der Waals surface area contributed by atoms with Crippen LogP contribution in [-0.2, 0) is 19.1 Å². The van der Waals surface area contributed by atoms with Crippen LogP contribution in [0.15, 0.2) is 48.5 Å². The van der Waals surface area contributed by atoms with E-state index in [1.165, 1.54) is 6.92 Å². The number of fused-ring (bicyclic) bond motifs is 1. The number of nitrogens with one attached hydrogen (secondary N) is 2. The molecule has 0 aliphatic carbocycles. The summed E-state index contributed by atoms with van der Waals surface area (Å²) in [7, 11) is 0. The van der Waals surface area contributed by atoms with E-state index >= 15 is 0 Å². The summed E-state index contributed by atoms with van der Waals surface area (Å²) in [6, 6.07) is 12.7. The number of anilines is 1. The van der Waals surface area contributed by atoms with Crippen LogP contribution in [0.3, 0.4) is 0 Å². The molecule has 0 unspecified atom stereocenters. The van der Waals surface area contributed by atoms with Gasteiger partial charge in [0, 0.05) is 11.3 Å². The monoisotopic (exact) mass is 410 g/mol. The molecule has 2 N–H and O–H groups in total. The van der Waals surface area contributed by atoms with Crippen LogP contribution in [0.4, 0.5) is 5.69 Å². The number of carbonyl (C=O) groups excluding carboxylic acids is 4. The highest BCUT2D eigenvalue weighted by atomic mass is 16.5. The Balaban J connectivity index is 1.46. The van der Waals surface area contributed by atoms with E-state index in [0.29, 0.717) is 17.0 Å². The average molecular weight is 410 g/mol. The van der Waals surface area contributed by atoms with Crippen molar-refractivity contribution in [2.75, 3.05) is 18.5 Å². The molecule has 0 radical (unpaired) electrons. The SMILES string of the molecule is C[C@H](NC(=O)COc1ccccc1)C(=O)OCC(=O)c1ccc2c(c1)[C@@H](C)C(=O)N2. The second-order valence-corrected chi connectivity index (χ2v) is 6.93. The van der Waals surface area contributed by atoms with Gasteiger partial charge in [-0.1, -0.05) is 18.2 Å². The van der Waals surface area contributed by atoms with E-state index in [9.17, 15) is 19.2 Å². The smallest absolute Gasteiger partial charge is 0.328 e. The molecule has 0 saturated heterocycles. The molecule has 0 aromatic heterocycles. The van der Waals surface area contributed by atoms with Gasteiger partial charge in [-0.25, -0.2) is 4.79 Å². The molecular weight excluding hydrogens is 388 g/mol. The predicted molar refractivity (Wildman–Crippen MR) is 108 cm³/mol. The average Bonchev–Trinajstić information content (AvgIpc) is 3.04. The molecule has 0 bridgehead atoms. The zero-order chi connectivity index (χ0) is 21.7. The fourth-order valence-corrected chi connectivity index (χ4v) is 2.94. The summed E-state index contributed by atoms with van der Waals surface area (Å²) in [6.45, 7) is 2.50. The first-order chi connectivity index (χ1) is 14.3. The zero-order valence-corrected chi connectivity index (χ0v) is 16.6. The van der Waals surface area contributed by atoms with Gasteiger partial charge in [0.05, 0.1) is 5.92 Å². The van der Waals surface area contributed by atoms with Gasteiger partial charge < -0.3 is 20.1 Å². The lowest BCUT2D eigenvalue weighted by atomic mass is 9.99. The standard InChI is InChI=1S/C22H22N2O6/c1-13-17-10-15(8-9-18(17)24-21(13)27)19(25)11-30-22(28)14(2)23-20(26)12-29-16-6-4-3-5-7-16/h3-10,13-14H,11-12H2,1-2H3,(H,23,26)(H,24,27)/t13-,14+/m1/s1. The summed E-state index contributed by atoms with van der Waals surface area (Å²) in [4.78, 5) is 48.1. The Morgan fingerprint density at radius 1 is 1.10 bits per heavy atom. The Hall–Kier alpha value is -3.68. The van der Waals surface area contributed by atoms with E-state index in [4.69, 9.17) is 9.47 Å². The van der Waals surface area contributed by atoms with Crippen molar-refractivity contribution < 1.29 is 28.7 Å². The second-order valence-electron chi connectivity index (χ2n) is 6.93. The van der Waals surface area contributed by atoms with Crippen LogP contribution in [0.1, 0.15) is 35.7 Å². The summed E-state index contributed by atoms with van der Waals surface area (Å²) in [5, 5.41) is 5.19. The van der Waals surface area contributed by atoms with Crippen molar-refractivity contribution >= 4 is 29.3 Å². The van der Waals surface area contributed by atoms with Gasteiger partial charge in [-0.2, -0.15) is 0 Å². The number of para-hydroxylation sites is 1. The van der Waals surface area contributed by atoms with Crippen LogP contribution in [-0.4, -0.2) is 42.8 Å². The van der Waals surface area contributed by atoms with Gasteiger partial charge in [0.2, 0.25) is 5.91 Å². The normalized spacial score (nSPS) is 15.5. The number of hydrogen-bond donors (Lipinski definition) is 2. The third kappa shape index (κ3) is 5.02. The molecule has 0 saturated carbocycles. The van der Waals surface area contributed by atoms with Crippen molar-refractivity contribution in [3.63, 3.8) is 0 Å². The fraction of sp³-hybridized carbons (Fsp3) is 0.273. The van der Waals surface area contributed by atoms with E-state index in [1.807, 2.05) is 6.07 Å². The Bertz CT molecular complexity index is 973. The third-order valence-electron chi connectivity index (χ3n) is 4.68. The molecule has 2 aromatic carbocycles. The largest absolute Gasteiger partial charge is 0.484 e. The minimum Gasteiger partial charge on any atom is -0.484 e. The zero-order valence-electron chi connectivity index (χ0n) is 16.6. The first-order valence-corrected chi connectivity index (χ1v) is 9.47. The third-order valence-corrected chi connectivity index (χ3v) is 4.68. The summed E-state index contributed by atoms with van der Waals surface area (Å²) >= 11 is 0. The van der Waals surface area contributed by atoms with Gasteiger partial charge in [-0.3, -0.25) is 14.4 Å². The van der Waals surface area contributed by atoms with Gasteiger partial charge in [-0.05, 0) is 49.7 Å². The molecule has 2 amide bonds. The Labute approximate surface area is 173 Å². The molecule has 8 nitrogen and oxygen atoms in total. The van der Waals surface area contributed by atoms with Crippen LogP contribution in [0.25, 0.3) is 0 Å². The highest BCUT2D eigenvalue weighted by Gasteiger charge is 2.27. The van der Waals surface area contributed by atoms with Crippen LogP contribution in [0, 0.1) is 0 Å². The summed E-state index contributed by atoms with van der Waals surface area (Å²) in [6.07, 6.45) is 0. The lowest BCUT2D eigenvalue weighted by Gasteiger charge is -2.14. The summed E-state index contributed by atoms with van der Waals surface area (Å²) in [5.41, 5.74) is 1.75. The van der Waals surface area contributed by atoms with Crippen molar-refractivity contribution in [3.05, 3.63) is 59.7 Å². The van der Waals surface area contributed by atoms with Crippen molar-refractivity contribution in [3.8, 4) is 5.75 Å². The molecule has 156 valence electrons. The maximum Gasteiger partial charge on any atom is 0.328 e. The van der Waals surface area contributed by atoms with E-state index in [-0.39, 0.29) is 18.4 Å². The molecule has 1 aliphatic rings. The van der Waals surface area contributed by atoms with E-state index in [1.54, 1.807) is 49.4 Å². The van der Waals surface area contributed by atoms with Gasteiger partial charge in [0.15, 0.2) is 19.0 Å². The number of benzene rings is 2.